The van der Waals surface area contributed by atoms with Crippen LogP contribution in [-0.4, -0.2) is 17.4 Å². The summed E-state index contributed by atoms with van der Waals surface area (Å²) >= 11 is 0. The number of amides is 1. The van der Waals surface area contributed by atoms with Gasteiger partial charge in [-0.05, 0) is 18.6 Å². The number of anilines is 2. The average Bonchev–Trinajstić information content (AvgIpc) is 2.52. The van der Waals surface area contributed by atoms with Crippen LogP contribution in [0.1, 0.15) is 14.3 Å². The highest BCUT2D eigenvalue weighted by molar-refractivity contribution is 5.96. The maximum absolute atomic E-state index is 11.4. The Balaban J connectivity index is 0.000000980. The molecule has 0 spiro atoms. The molecule has 0 bridgehead atoms. The van der Waals surface area contributed by atoms with Crippen LogP contribution >= 0.6 is 0 Å². The topological polar surface area (TPSA) is 59.2 Å². The molecule has 1 aromatic heterocycles. The van der Waals surface area contributed by atoms with Gasteiger partial charge in [0.1, 0.15) is 0 Å². The molecule has 2 heterocycles. The van der Waals surface area contributed by atoms with Gasteiger partial charge in [0.2, 0.25) is 5.91 Å². The number of nitrogen functional groups attached to an aromatic ring is 1. The predicted molar refractivity (Wildman–Crippen MR) is 52.4 cm³/mol. The van der Waals surface area contributed by atoms with Gasteiger partial charge in [0, 0.05) is 20.6 Å². The Kier molecular flexibility index (Phi) is 1.88. The highest BCUT2D eigenvalue weighted by Crippen LogP contribution is 2.23. The van der Waals surface area contributed by atoms with Crippen LogP contribution in [0.5, 0.6) is 0 Å². The molecule has 1 aromatic rings. The van der Waals surface area contributed by atoms with Gasteiger partial charge in [0.05, 0.1) is 5.69 Å². The summed E-state index contributed by atoms with van der Waals surface area (Å²) in [6, 6.07) is 3.52. The van der Waals surface area contributed by atoms with Gasteiger partial charge in [-0.25, -0.2) is 4.98 Å². The maximum atomic E-state index is 11.4. The lowest BCUT2D eigenvalue weighted by Crippen LogP contribution is -2.25. The van der Waals surface area contributed by atoms with E-state index in [0.717, 1.165) is 13.0 Å². The van der Waals surface area contributed by atoms with Gasteiger partial charge in [-0.15, -0.1) is 0 Å². The van der Waals surface area contributed by atoms with Crippen LogP contribution < -0.4 is 10.6 Å². The van der Waals surface area contributed by atoms with Crippen molar-refractivity contribution in [3.05, 3.63) is 18.3 Å². The number of nitrogens with zero attached hydrogens (tertiary/aromatic N) is 2. The first-order valence-electron chi connectivity index (χ1n) is 4.30. The van der Waals surface area contributed by atoms with E-state index in [1.54, 1.807) is 23.2 Å². The minimum atomic E-state index is 0. The van der Waals surface area contributed by atoms with Crippen molar-refractivity contribution in [3.63, 3.8) is 0 Å². The smallest absolute Gasteiger partial charge is 0.228 e. The van der Waals surface area contributed by atoms with Gasteiger partial charge in [0.15, 0.2) is 5.82 Å². The number of hydrogen-bond acceptors (Lipinski definition) is 3. The van der Waals surface area contributed by atoms with Crippen LogP contribution in [0.25, 0.3) is 0 Å². The number of aromatic nitrogens is 1. The molecule has 0 radical (unpaired) electrons. The molecule has 2 N–H and O–H groups in total. The highest BCUT2D eigenvalue weighted by atomic mass is 16.2. The molecule has 1 aliphatic rings. The summed E-state index contributed by atoms with van der Waals surface area (Å²) in [5, 5.41) is 0. The number of hydrogen-bond donors (Lipinski definition) is 1. The minimum absolute atomic E-state index is 0. The lowest BCUT2D eigenvalue weighted by atomic mass is 10.4. The molecular weight excluding hydrogens is 166 g/mol. The van der Waals surface area contributed by atoms with Crippen molar-refractivity contribution in [1.29, 1.82) is 0 Å². The first kappa shape index (κ1) is 8.04. The summed E-state index contributed by atoms with van der Waals surface area (Å²) in [5.41, 5.74) is 6.27. The Bertz CT molecular complexity index is 343. The second-order valence-corrected chi connectivity index (χ2v) is 3.07. The van der Waals surface area contributed by atoms with E-state index in [4.69, 9.17) is 5.73 Å². The Morgan fingerprint density at radius 3 is 3.08 bits per heavy atom. The fourth-order valence-electron chi connectivity index (χ4n) is 1.51. The molecule has 1 saturated heterocycles. The third-order valence-electron chi connectivity index (χ3n) is 2.15. The predicted octanol–water partition coefficient (Wildman–Crippen LogP) is 1.04. The van der Waals surface area contributed by atoms with Crippen molar-refractivity contribution in [3.8, 4) is 0 Å². The van der Waals surface area contributed by atoms with Gasteiger partial charge < -0.3 is 5.73 Å². The van der Waals surface area contributed by atoms with E-state index >= 15 is 0 Å². The molecule has 0 unspecified atom stereocenters. The minimum Gasteiger partial charge on any atom is -0.396 e. The van der Waals surface area contributed by atoms with E-state index < -0.39 is 0 Å². The Morgan fingerprint density at radius 1 is 1.62 bits per heavy atom. The Labute approximate surface area is 77.9 Å². The fraction of sp³-hybridized carbons (Fsp3) is 0.333. The van der Waals surface area contributed by atoms with Crippen molar-refractivity contribution in [2.24, 2.45) is 0 Å². The monoisotopic (exact) mass is 179 g/mol. The van der Waals surface area contributed by atoms with Crippen molar-refractivity contribution < 1.29 is 6.22 Å². The fourth-order valence-corrected chi connectivity index (χ4v) is 1.51. The van der Waals surface area contributed by atoms with E-state index in [1.807, 2.05) is 0 Å². The first-order chi connectivity index (χ1) is 6.29. The second kappa shape index (κ2) is 3.05. The third kappa shape index (κ3) is 1.35. The Morgan fingerprint density at radius 2 is 2.46 bits per heavy atom. The Hall–Kier alpha value is -1.58. The summed E-state index contributed by atoms with van der Waals surface area (Å²) in [5.74, 6) is 0.718. The zero-order valence-electron chi connectivity index (χ0n) is 7.23. The number of pyridine rings is 1. The zero-order chi connectivity index (χ0) is 9.26. The van der Waals surface area contributed by atoms with Crippen molar-refractivity contribution in [1.82, 2.24) is 4.98 Å². The second-order valence-electron chi connectivity index (χ2n) is 3.07. The highest BCUT2D eigenvalue weighted by Gasteiger charge is 2.23. The molecule has 0 saturated carbocycles. The van der Waals surface area contributed by atoms with Crippen molar-refractivity contribution >= 4 is 17.4 Å². The van der Waals surface area contributed by atoms with Gasteiger partial charge in [-0.3, -0.25) is 9.69 Å². The quantitative estimate of drug-likeness (QED) is 0.700. The van der Waals surface area contributed by atoms with Crippen molar-refractivity contribution in [2.75, 3.05) is 17.2 Å². The van der Waals surface area contributed by atoms with Crippen LogP contribution in [0.15, 0.2) is 18.3 Å². The normalized spacial score (nSPS) is 16.6. The van der Waals surface area contributed by atoms with Crippen LogP contribution in [0.3, 0.4) is 0 Å². The molecule has 13 heavy (non-hydrogen) atoms. The van der Waals surface area contributed by atoms with E-state index in [9.17, 15) is 4.79 Å². The van der Waals surface area contributed by atoms with Crippen LogP contribution in [0.2, 0.25) is 0 Å². The molecule has 70 valence electrons. The third-order valence-corrected chi connectivity index (χ3v) is 2.15. The molecule has 0 atom stereocenters. The molecule has 1 aliphatic heterocycles. The SMILES string of the molecule is Nc1cccnc1N1CCCC1=O.[HH]. The molecule has 4 heteroatoms. The van der Waals surface area contributed by atoms with E-state index in [-0.39, 0.29) is 7.33 Å². The van der Waals surface area contributed by atoms with E-state index in [2.05, 4.69) is 4.98 Å². The van der Waals surface area contributed by atoms with Crippen molar-refractivity contribution in [2.45, 2.75) is 12.8 Å². The van der Waals surface area contributed by atoms with Gasteiger partial charge >= 0.3 is 0 Å². The average molecular weight is 179 g/mol. The van der Waals surface area contributed by atoms with Crippen LogP contribution in [-0.2, 0) is 4.79 Å². The molecule has 0 aromatic carbocycles. The van der Waals surface area contributed by atoms with E-state index in [1.165, 1.54) is 0 Å². The van der Waals surface area contributed by atoms with E-state index in [0.29, 0.717) is 17.9 Å². The molecular formula is C9H13N3O. The molecule has 2 rings (SSSR count). The van der Waals surface area contributed by atoms with Gasteiger partial charge in [0.25, 0.3) is 0 Å². The lowest BCUT2D eigenvalue weighted by Gasteiger charge is -2.15. The van der Waals surface area contributed by atoms with Gasteiger partial charge in [-0.2, -0.15) is 0 Å². The first-order valence-corrected chi connectivity index (χ1v) is 4.30. The number of carbonyl (C=O) groups is 1. The summed E-state index contributed by atoms with van der Waals surface area (Å²) in [7, 11) is 0. The summed E-state index contributed by atoms with van der Waals surface area (Å²) in [6.07, 6.45) is 3.15. The summed E-state index contributed by atoms with van der Waals surface area (Å²) in [4.78, 5) is 17.1. The maximum Gasteiger partial charge on any atom is 0.228 e. The number of rotatable bonds is 1. The summed E-state index contributed by atoms with van der Waals surface area (Å²) in [6.45, 7) is 0.736. The van der Waals surface area contributed by atoms with Crippen LogP contribution in [0, 0.1) is 0 Å². The standard InChI is InChI=1S/C9H11N3O.H2/c10-7-3-1-5-11-9(7)12-6-2-4-8(12)13;/h1,3,5H,2,4,6,10H2;1H. The van der Waals surface area contributed by atoms with Gasteiger partial charge in [-0.1, -0.05) is 0 Å². The molecule has 0 aliphatic carbocycles. The molecule has 1 amide bonds. The number of nitrogens with two attached hydrogens (primary N) is 1. The van der Waals surface area contributed by atoms with Crippen LogP contribution in [0.4, 0.5) is 11.5 Å². The largest absolute Gasteiger partial charge is 0.396 e. The summed E-state index contributed by atoms with van der Waals surface area (Å²) < 4.78 is 0. The lowest BCUT2D eigenvalue weighted by molar-refractivity contribution is -0.117. The zero-order valence-corrected chi connectivity index (χ0v) is 7.23. The molecule has 1 fully saturated rings. The number of carbonyl (C=O) groups excluding carboxylic acids is 1. The molecule has 4 nitrogen and oxygen atoms in total.